The quantitative estimate of drug-likeness (QED) is 0.824. The number of carboxylic acids is 1. The van der Waals surface area contributed by atoms with Gasteiger partial charge in [-0.1, -0.05) is 0 Å². The molecule has 1 rings (SSSR count). The number of carbonyl (C=O) groups excluding carboxylic acids is 1. The molecule has 0 bridgehead atoms. The summed E-state index contributed by atoms with van der Waals surface area (Å²) in [5.41, 5.74) is -1.68. The predicted octanol–water partition coefficient (Wildman–Crippen LogP) is 1.86. The lowest BCUT2D eigenvalue weighted by Crippen LogP contribution is -2.56. The van der Waals surface area contributed by atoms with Gasteiger partial charge in [0.05, 0.1) is 11.5 Å². The van der Waals surface area contributed by atoms with E-state index in [1.54, 1.807) is 20.8 Å². The fourth-order valence-corrected chi connectivity index (χ4v) is 2.32. The zero-order valence-electron chi connectivity index (χ0n) is 12.8. The Morgan fingerprint density at radius 3 is 2.15 bits per heavy atom. The van der Waals surface area contributed by atoms with Crippen molar-refractivity contribution in [3.05, 3.63) is 0 Å². The number of aliphatic hydroxyl groups is 1. The Hall–Kier alpha value is -1.30. The highest BCUT2D eigenvalue weighted by molar-refractivity contribution is 5.78. The lowest BCUT2D eigenvalue weighted by Gasteiger charge is -2.45. The number of amides is 1. The number of rotatable bonds is 4. The van der Waals surface area contributed by atoms with E-state index < -0.39 is 29.2 Å². The Morgan fingerprint density at radius 1 is 1.35 bits per heavy atom. The molecule has 6 heteroatoms. The van der Waals surface area contributed by atoms with Gasteiger partial charge in [-0.2, -0.15) is 0 Å². The van der Waals surface area contributed by atoms with E-state index in [0.29, 0.717) is 0 Å². The lowest BCUT2D eigenvalue weighted by molar-refractivity contribution is -0.165. The number of hydrogen-bond donors (Lipinski definition) is 2. The topological polar surface area (TPSA) is 87.1 Å². The standard InChI is InChI=1S/C14H25NO5/c1-9(2)15(12(19)20-13(3,4)5)8-14(11(17)18)6-10(16)7-14/h9-10,16H,6-8H2,1-5H3,(H,17,18). The van der Waals surface area contributed by atoms with Crippen molar-refractivity contribution < 1.29 is 24.5 Å². The normalized spacial score (nSPS) is 26.1. The van der Waals surface area contributed by atoms with Crippen LogP contribution in [0.4, 0.5) is 4.79 Å². The number of hydrogen-bond acceptors (Lipinski definition) is 4. The van der Waals surface area contributed by atoms with Crippen molar-refractivity contribution in [2.75, 3.05) is 6.54 Å². The smallest absolute Gasteiger partial charge is 0.410 e. The molecule has 0 radical (unpaired) electrons. The van der Waals surface area contributed by atoms with Crippen molar-refractivity contribution in [2.24, 2.45) is 5.41 Å². The Labute approximate surface area is 119 Å². The molecule has 116 valence electrons. The summed E-state index contributed by atoms with van der Waals surface area (Å²) in [7, 11) is 0. The average Bonchev–Trinajstić information content (AvgIpc) is 2.18. The average molecular weight is 287 g/mol. The van der Waals surface area contributed by atoms with Gasteiger partial charge >= 0.3 is 12.1 Å². The molecule has 1 fully saturated rings. The molecule has 0 atom stereocenters. The van der Waals surface area contributed by atoms with E-state index in [1.807, 2.05) is 13.8 Å². The van der Waals surface area contributed by atoms with Crippen molar-refractivity contribution in [3.8, 4) is 0 Å². The molecule has 6 nitrogen and oxygen atoms in total. The molecule has 0 unspecified atom stereocenters. The Bertz CT molecular complexity index is 380. The van der Waals surface area contributed by atoms with Crippen molar-refractivity contribution in [1.82, 2.24) is 4.90 Å². The number of carbonyl (C=O) groups is 2. The highest BCUT2D eigenvalue weighted by Crippen LogP contribution is 2.42. The van der Waals surface area contributed by atoms with Gasteiger partial charge < -0.3 is 19.8 Å². The fourth-order valence-electron chi connectivity index (χ4n) is 2.32. The second kappa shape index (κ2) is 5.60. The first kappa shape index (κ1) is 16.8. The van der Waals surface area contributed by atoms with Crippen LogP contribution in [0.5, 0.6) is 0 Å². The van der Waals surface area contributed by atoms with Crippen LogP contribution in [0.3, 0.4) is 0 Å². The summed E-state index contributed by atoms with van der Waals surface area (Å²) in [4.78, 5) is 25.0. The van der Waals surface area contributed by atoms with Crippen LogP contribution in [0, 0.1) is 5.41 Å². The SMILES string of the molecule is CC(C)N(CC1(C(=O)O)CC(O)C1)C(=O)OC(C)(C)C. The second-order valence-corrected chi connectivity index (χ2v) is 6.85. The minimum atomic E-state index is -1.05. The summed E-state index contributed by atoms with van der Waals surface area (Å²) < 4.78 is 5.31. The van der Waals surface area contributed by atoms with E-state index in [1.165, 1.54) is 4.90 Å². The molecule has 0 aromatic heterocycles. The zero-order chi connectivity index (χ0) is 15.7. The first-order chi connectivity index (χ1) is 8.97. The van der Waals surface area contributed by atoms with Crippen LogP contribution in [-0.2, 0) is 9.53 Å². The highest BCUT2D eigenvalue weighted by Gasteiger charge is 2.52. The third kappa shape index (κ3) is 3.85. The van der Waals surface area contributed by atoms with E-state index in [0.717, 1.165) is 0 Å². The minimum absolute atomic E-state index is 0.0615. The molecule has 1 saturated carbocycles. The molecule has 20 heavy (non-hydrogen) atoms. The van der Waals surface area contributed by atoms with Gasteiger partial charge in [0.2, 0.25) is 0 Å². The van der Waals surface area contributed by atoms with Gasteiger partial charge in [0.25, 0.3) is 0 Å². The highest BCUT2D eigenvalue weighted by atomic mass is 16.6. The molecular weight excluding hydrogens is 262 g/mol. The predicted molar refractivity (Wildman–Crippen MR) is 73.4 cm³/mol. The monoisotopic (exact) mass is 287 g/mol. The molecule has 1 aliphatic rings. The van der Waals surface area contributed by atoms with Crippen LogP contribution in [0.1, 0.15) is 47.5 Å². The Morgan fingerprint density at radius 2 is 1.85 bits per heavy atom. The summed E-state index contributed by atoms with van der Waals surface area (Å²) >= 11 is 0. The summed E-state index contributed by atoms with van der Waals surface area (Å²) in [6, 6.07) is -0.168. The van der Waals surface area contributed by atoms with Crippen molar-refractivity contribution in [3.63, 3.8) is 0 Å². The van der Waals surface area contributed by atoms with Crippen LogP contribution < -0.4 is 0 Å². The molecule has 1 aliphatic carbocycles. The molecule has 0 aromatic carbocycles. The van der Waals surface area contributed by atoms with Gasteiger partial charge in [0.1, 0.15) is 5.60 Å². The molecule has 0 heterocycles. The Balaban J connectivity index is 2.82. The van der Waals surface area contributed by atoms with E-state index in [4.69, 9.17) is 4.74 Å². The van der Waals surface area contributed by atoms with Gasteiger partial charge in [-0.05, 0) is 47.5 Å². The summed E-state index contributed by atoms with van der Waals surface area (Å²) in [5, 5.41) is 18.8. The van der Waals surface area contributed by atoms with Crippen LogP contribution in [0.2, 0.25) is 0 Å². The summed E-state index contributed by atoms with van der Waals surface area (Å²) in [6.07, 6.45) is -0.767. The molecule has 1 amide bonds. The Kier molecular flexibility index (Phi) is 4.69. The number of nitrogens with zero attached hydrogens (tertiary/aromatic N) is 1. The van der Waals surface area contributed by atoms with Gasteiger partial charge in [-0.3, -0.25) is 4.79 Å². The summed E-state index contributed by atoms with van der Waals surface area (Å²) in [5.74, 6) is -0.975. The van der Waals surface area contributed by atoms with Crippen LogP contribution in [0.25, 0.3) is 0 Å². The maximum absolute atomic E-state index is 12.2. The van der Waals surface area contributed by atoms with Crippen molar-refractivity contribution in [1.29, 1.82) is 0 Å². The van der Waals surface area contributed by atoms with Crippen LogP contribution >= 0.6 is 0 Å². The molecule has 2 N–H and O–H groups in total. The number of aliphatic carboxylic acids is 1. The van der Waals surface area contributed by atoms with E-state index in [-0.39, 0.29) is 25.4 Å². The van der Waals surface area contributed by atoms with Gasteiger partial charge in [-0.15, -0.1) is 0 Å². The molecule has 0 aromatic rings. The summed E-state index contributed by atoms with van der Waals surface area (Å²) in [6.45, 7) is 8.99. The third-order valence-corrected chi connectivity index (χ3v) is 3.43. The first-order valence-electron chi connectivity index (χ1n) is 6.88. The zero-order valence-corrected chi connectivity index (χ0v) is 12.8. The maximum atomic E-state index is 12.2. The lowest BCUT2D eigenvalue weighted by atomic mass is 9.66. The molecular formula is C14H25NO5. The number of ether oxygens (including phenoxy) is 1. The van der Waals surface area contributed by atoms with Crippen molar-refractivity contribution in [2.45, 2.75) is 65.2 Å². The van der Waals surface area contributed by atoms with Crippen LogP contribution in [-0.4, -0.2) is 51.5 Å². The van der Waals surface area contributed by atoms with E-state index >= 15 is 0 Å². The third-order valence-electron chi connectivity index (χ3n) is 3.43. The first-order valence-corrected chi connectivity index (χ1v) is 6.88. The second-order valence-electron chi connectivity index (χ2n) is 6.85. The number of carboxylic acid groups (broad SMARTS) is 1. The number of aliphatic hydroxyl groups excluding tert-OH is 1. The minimum Gasteiger partial charge on any atom is -0.481 e. The van der Waals surface area contributed by atoms with E-state index in [9.17, 15) is 19.8 Å². The van der Waals surface area contributed by atoms with Gasteiger partial charge in [0.15, 0.2) is 0 Å². The van der Waals surface area contributed by atoms with Crippen LogP contribution in [0.15, 0.2) is 0 Å². The molecule has 0 aliphatic heterocycles. The maximum Gasteiger partial charge on any atom is 0.410 e. The molecule has 0 saturated heterocycles. The van der Waals surface area contributed by atoms with Gasteiger partial charge in [-0.25, -0.2) is 4.79 Å². The van der Waals surface area contributed by atoms with Crippen molar-refractivity contribution >= 4 is 12.1 Å². The van der Waals surface area contributed by atoms with E-state index in [2.05, 4.69) is 0 Å². The van der Waals surface area contributed by atoms with Gasteiger partial charge in [0, 0.05) is 12.6 Å². The largest absolute Gasteiger partial charge is 0.481 e. The molecule has 0 spiro atoms. The fraction of sp³-hybridized carbons (Fsp3) is 0.857.